The lowest BCUT2D eigenvalue weighted by molar-refractivity contribution is -0.138. The Morgan fingerprint density at radius 2 is 1.67 bits per heavy atom. The van der Waals surface area contributed by atoms with Crippen molar-refractivity contribution in [1.29, 1.82) is 0 Å². The molecular formula is C21H27ClN2O3. The number of benzene rings is 1. The standard InChI is InChI=1S/C21H27ClN2O3/c22-16-10-8-15(9-11-16)19(25)12-13-20(26)24-14-4-7-18(24)21(27)23-17-5-2-1-3-6-17/h8-11,17-18H,1-7,12-14H2,(H,23,27)/t18-/m0/s1. The van der Waals surface area contributed by atoms with Gasteiger partial charge >= 0.3 is 0 Å². The van der Waals surface area contributed by atoms with Crippen LogP contribution in [0.1, 0.15) is 68.1 Å². The number of carbonyl (C=O) groups is 3. The number of amides is 2. The molecule has 2 amide bonds. The van der Waals surface area contributed by atoms with Crippen molar-refractivity contribution in [3.8, 4) is 0 Å². The van der Waals surface area contributed by atoms with Gasteiger partial charge in [0, 0.05) is 36.0 Å². The minimum Gasteiger partial charge on any atom is -0.352 e. The number of nitrogens with zero attached hydrogens (tertiary/aromatic N) is 1. The Morgan fingerprint density at radius 3 is 2.37 bits per heavy atom. The average molecular weight is 391 g/mol. The van der Waals surface area contributed by atoms with Gasteiger partial charge in [0.15, 0.2) is 5.78 Å². The van der Waals surface area contributed by atoms with Crippen molar-refractivity contribution in [2.75, 3.05) is 6.54 Å². The predicted octanol–water partition coefficient (Wildman–Crippen LogP) is 3.74. The van der Waals surface area contributed by atoms with Crippen LogP contribution >= 0.6 is 11.6 Å². The summed E-state index contributed by atoms with van der Waals surface area (Å²) in [5.74, 6) is -0.224. The normalized spacial score (nSPS) is 20.5. The van der Waals surface area contributed by atoms with E-state index in [1.807, 2.05) is 0 Å². The number of hydrogen-bond acceptors (Lipinski definition) is 3. The molecule has 0 radical (unpaired) electrons. The molecule has 6 heteroatoms. The third kappa shape index (κ3) is 5.32. The Labute approximate surface area is 165 Å². The summed E-state index contributed by atoms with van der Waals surface area (Å²) >= 11 is 5.84. The number of halogens is 1. The van der Waals surface area contributed by atoms with Gasteiger partial charge in [0.25, 0.3) is 0 Å². The second-order valence-electron chi connectivity index (χ2n) is 7.52. The maximum absolute atomic E-state index is 12.6. The summed E-state index contributed by atoms with van der Waals surface area (Å²) in [6.07, 6.45) is 7.43. The zero-order valence-electron chi connectivity index (χ0n) is 15.6. The highest BCUT2D eigenvalue weighted by molar-refractivity contribution is 6.30. The minimum atomic E-state index is -0.384. The molecule has 3 rings (SSSR count). The first-order valence-corrected chi connectivity index (χ1v) is 10.3. The predicted molar refractivity (Wildman–Crippen MR) is 105 cm³/mol. The van der Waals surface area contributed by atoms with E-state index in [0.29, 0.717) is 23.6 Å². The van der Waals surface area contributed by atoms with Crippen LogP contribution in [0.4, 0.5) is 0 Å². The molecule has 1 aromatic carbocycles. The first kappa shape index (κ1) is 19.9. The summed E-state index contributed by atoms with van der Waals surface area (Å²) in [5.41, 5.74) is 0.556. The Morgan fingerprint density at radius 1 is 0.963 bits per heavy atom. The highest BCUT2D eigenvalue weighted by atomic mass is 35.5. The summed E-state index contributed by atoms with van der Waals surface area (Å²) in [6, 6.07) is 6.54. The van der Waals surface area contributed by atoms with Crippen molar-refractivity contribution in [2.24, 2.45) is 0 Å². The van der Waals surface area contributed by atoms with Gasteiger partial charge in [0.2, 0.25) is 11.8 Å². The van der Waals surface area contributed by atoms with E-state index >= 15 is 0 Å². The van der Waals surface area contributed by atoms with Crippen LogP contribution in [0.2, 0.25) is 5.02 Å². The molecule has 1 saturated carbocycles. The van der Waals surface area contributed by atoms with Gasteiger partial charge in [0.05, 0.1) is 0 Å². The van der Waals surface area contributed by atoms with E-state index in [9.17, 15) is 14.4 Å². The van der Waals surface area contributed by atoms with Crippen molar-refractivity contribution in [3.05, 3.63) is 34.9 Å². The Bertz CT molecular complexity index is 683. The lowest BCUT2D eigenvalue weighted by Gasteiger charge is -2.28. The van der Waals surface area contributed by atoms with Gasteiger partial charge in [-0.05, 0) is 49.9 Å². The van der Waals surface area contributed by atoms with Crippen LogP contribution in [0.15, 0.2) is 24.3 Å². The molecule has 1 saturated heterocycles. The minimum absolute atomic E-state index is 0.0308. The zero-order chi connectivity index (χ0) is 19.2. The molecule has 146 valence electrons. The number of nitrogens with one attached hydrogen (secondary N) is 1. The number of hydrogen-bond donors (Lipinski definition) is 1. The molecule has 0 unspecified atom stereocenters. The number of likely N-dealkylation sites (tertiary alicyclic amines) is 1. The van der Waals surface area contributed by atoms with Crippen LogP contribution in [0.5, 0.6) is 0 Å². The van der Waals surface area contributed by atoms with Gasteiger partial charge in [-0.15, -0.1) is 0 Å². The van der Waals surface area contributed by atoms with Gasteiger partial charge in [-0.1, -0.05) is 30.9 Å². The average Bonchev–Trinajstić information content (AvgIpc) is 3.17. The van der Waals surface area contributed by atoms with Gasteiger partial charge < -0.3 is 10.2 Å². The Kier molecular flexibility index (Phi) is 6.89. The third-order valence-electron chi connectivity index (χ3n) is 5.56. The van der Waals surface area contributed by atoms with Crippen molar-refractivity contribution < 1.29 is 14.4 Å². The Balaban J connectivity index is 1.51. The van der Waals surface area contributed by atoms with Crippen molar-refractivity contribution in [1.82, 2.24) is 10.2 Å². The van der Waals surface area contributed by atoms with Gasteiger partial charge in [-0.3, -0.25) is 14.4 Å². The van der Waals surface area contributed by atoms with E-state index in [1.54, 1.807) is 29.2 Å². The summed E-state index contributed by atoms with van der Waals surface area (Å²) < 4.78 is 0. The molecule has 0 bridgehead atoms. The smallest absolute Gasteiger partial charge is 0.243 e. The fourth-order valence-corrected chi connectivity index (χ4v) is 4.15. The molecule has 1 N–H and O–H groups in total. The number of rotatable bonds is 6. The fraction of sp³-hybridized carbons (Fsp3) is 0.571. The molecule has 1 heterocycles. The van der Waals surface area contributed by atoms with Crippen molar-refractivity contribution in [2.45, 2.75) is 69.9 Å². The summed E-state index contributed by atoms with van der Waals surface area (Å²) in [6.45, 7) is 0.594. The maximum Gasteiger partial charge on any atom is 0.243 e. The van der Waals surface area contributed by atoms with Crippen LogP contribution in [0.3, 0.4) is 0 Å². The van der Waals surface area contributed by atoms with E-state index in [1.165, 1.54) is 6.42 Å². The van der Waals surface area contributed by atoms with E-state index in [-0.39, 0.29) is 42.5 Å². The highest BCUT2D eigenvalue weighted by Crippen LogP contribution is 2.22. The summed E-state index contributed by atoms with van der Waals surface area (Å²) in [7, 11) is 0. The van der Waals surface area contributed by atoms with Crippen molar-refractivity contribution in [3.63, 3.8) is 0 Å². The van der Waals surface area contributed by atoms with Crippen molar-refractivity contribution >= 4 is 29.2 Å². The summed E-state index contributed by atoms with van der Waals surface area (Å²) in [5, 5.41) is 3.70. The molecule has 1 atom stereocenters. The molecule has 2 aliphatic rings. The Hall–Kier alpha value is -1.88. The first-order valence-electron chi connectivity index (χ1n) is 9.93. The van der Waals surface area contributed by atoms with Crippen LogP contribution < -0.4 is 5.32 Å². The quantitative estimate of drug-likeness (QED) is 0.752. The molecule has 1 aliphatic heterocycles. The summed E-state index contributed by atoms with van der Waals surface area (Å²) in [4.78, 5) is 39.2. The topological polar surface area (TPSA) is 66.5 Å². The van der Waals surface area contributed by atoms with Crippen LogP contribution in [0, 0.1) is 0 Å². The number of ketones is 1. The van der Waals surface area contributed by atoms with Gasteiger partial charge in [0.1, 0.15) is 6.04 Å². The molecule has 1 aliphatic carbocycles. The SMILES string of the molecule is O=C(CCC(=O)N1CCC[C@H]1C(=O)NC1CCCCC1)c1ccc(Cl)cc1. The van der Waals surface area contributed by atoms with E-state index < -0.39 is 0 Å². The van der Waals surface area contributed by atoms with Crippen LogP contribution in [-0.2, 0) is 9.59 Å². The largest absolute Gasteiger partial charge is 0.352 e. The van der Waals surface area contributed by atoms with Crippen LogP contribution in [0.25, 0.3) is 0 Å². The first-order chi connectivity index (χ1) is 13.0. The molecule has 5 nitrogen and oxygen atoms in total. The highest BCUT2D eigenvalue weighted by Gasteiger charge is 2.34. The lowest BCUT2D eigenvalue weighted by atomic mass is 9.95. The fourth-order valence-electron chi connectivity index (χ4n) is 4.03. The molecule has 1 aromatic rings. The van der Waals surface area contributed by atoms with Gasteiger partial charge in [-0.25, -0.2) is 0 Å². The van der Waals surface area contributed by atoms with Crippen LogP contribution in [-0.4, -0.2) is 41.1 Å². The van der Waals surface area contributed by atoms with E-state index in [0.717, 1.165) is 32.1 Å². The number of carbonyl (C=O) groups excluding carboxylic acids is 3. The maximum atomic E-state index is 12.6. The molecule has 2 fully saturated rings. The molecular weight excluding hydrogens is 364 g/mol. The second-order valence-corrected chi connectivity index (χ2v) is 7.96. The lowest BCUT2D eigenvalue weighted by Crippen LogP contribution is -2.49. The second kappa shape index (κ2) is 9.36. The van der Waals surface area contributed by atoms with Gasteiger partial charge in [-0.2, -0.15) is 0 Å². The monoisotopic (exact) mass is 390 g/mol. The number of Topliss-reactive ketones (excluding diaryl/α,β-unsaturated/α-hetero) is 1. The van der Waals surface area contributed by atoms with E-state index in [2.05, 4.69) is 5.32 Å². The molecule has 0 spiro atoms. The molecule has 0 aromatic heterocycles. The van der Waals surface area contributed by atoms with E-state index in [4.69, 9.17) is 11.6 Å². The zero-order valence-corrected chi connectivity index (χ0v) is 16.3. The molecule has 27 heavy (non-hydrogen) atoms. The third-order valence-corrected chi connectivity index (χ3v) is 5.81.